The first-order chi connectivity index (χ1) is 11.0. The molecule has 0 atom stereocenters. The van der Waals surface area contributed by atoms with Gasteiger partial charge in [-0.1, -0.05) is 48.5 Å². The molecule has 0 saturated heterocycles. The molecule has 0 bridgehead atoms. The van der Waals surface area contributed by atoms with E-state index in [1.165, 1.54) is 31.2 Å². The predicted molar refractivity (Wildman–Crippen MR) is 81.9 cm³/mol. The van der Waals surface area contributed by atoms with E-state index < -0.39 is 23.3 Å². The minimum Gasteiger partial charge on any atom is -0.204 e. The summed E-state index contributed by atoms with van der Waals surface area (Å²) in [5.74, 6) is -3.68. The van der Waals surface area contributed by atoms with Crippen molar-refractivity contribution in [3.8, 4) is 22.3 Å². The Morgan fingerprint density at radius 2 is 1.13 bits per heavy atom. The largest absolute Gasteiger partial charge is 0.204 e. The third-order valence-electron chi connectivity index (χ3n) is 3.73. The highest BCUT2D eigenvalue weighted by Gasteiger charge is 2.13. The molecule has 4 heteroatoms. The van der Waals surface area contributed by atoms with Crippen molar-refractivity contribution in [2.45, 2.75) is 6.92 Å². The van der Waals surface area contributed by atoms with Gasteiger partial charge in [-0.2, -0.15) is 0 Å². The van der Waals surface area contributed by atoms with Gasteiger partial charge in [-0.25, -0.2) is 17.6 Å². The van der Waals surface area contributed by atoms with Gasteiger partial charge in [0.05, 0.1) is 0 Å². The number of aryl methyl sites for hydroxylation is 1. The Labute approximate surface area is 131 Å². The normalized spacial score (nSPS) is 10.8. The monoisotopic (exact) mass is 316 g/mol. The molecule has 0 unspecified atom stereocenters. The summed E-state index contributed by atoms with van der Waals surface area (Å²) in [6, 6.07) is 13.1. The molecule has 0 N–H and O–H groups in total. The molecule has 23 heavy (non-hydrogen) atoms. The number of benzene rings is 3. The highest BCUT2D eigenvalue weighted by atomic mass is 19.2. The molecule has 3 aromatic rings. The van der Waals surface area contributed by atoms with Crippen LogP contribution in [0.5, 0.6) is 0 Å². The summed E-state index contributed by atoms with van der Waals surface area (Å²) in [6.07, 6.45) is 0. The molecule has 0 amide bonds. The standard InChI is InChI=1S/C19H12F4/c1-11-5-10-15(19(23)17(11)21)13-8-6-12(7-9-13)14-3-2-4-16(20)18(14)22/h2-10H,1H3. The Bertz CT molecular complexity index is 867. The van der Waals surface area contributed by atoms with Gasteiger partial charge >= 0.3 is 0 Å². The van der Waals surface area contributed by atoms with Crippen LogP contribution in [0.15, 0.2) is 54.6 Å². The second kappa shape index (κ2) is 5.88. The average molecular weight is 316 g/mol. The summed E-state index contributed by atoms with van der Waals surface area (Å²) in [5.41, 5.74) is 1.39. The van der Waals surface area contributed by atoms with Crippen LogP contribution in [0.1, 0.15) is 5.56 Å². The highest BCUT2D eigenvalue weighted by Crippen LogP contribution is 2.30. The van der Waals surface area contributed by atoms with Crippen LogP contribution in [0.25, 0.3) is 22.3 Å². The van der Waals surface area contributed by atoms with Crippen LogP contribution < -0.4 is 0 Å². The zero-order valence-corrected chi connectivity index (χ0v) is 12.2. The SMILES string of the molecule is Cc1ccc(-c2ccc(-c3cccc(F)c3F)cc2)c(F)c1F. The van der Waals surface area contributed by atoms with Crippen LogP contribution in [0.4, 0.5) is 17.6 Å². The van der Waals surface area contributed by atoms with Crippen molar-refractivity contribution in [1.82, 2.24) is 0 Å². The van der Waals surface area contributed by atoms with Gasteiger partial charge in [0.2, 0.25) is 0 Å². The van der Waals surface area contributed by atoms with Crippen LogP contribution in [-0.4, -0.2) is 0 Å². The second-order valence-corrected chi connectivity index (χ2v) is 5.24. The van der Waals surface area contributed by atoms with Crippen LogP contribution in [0.3, 0.4) is 0 Å². The molecular weight excluding hydrogens is 304 g/mol. The van der Waals surface area contributed by atoms with Crippen molar-refractivity contribution >= 4 is 0 Å². The van der Waals surface area contributed by atoms with Gasteiger partial charge in [0.1, 0.15) is 0 Å². The number of rotatable bonds is 2. The van der Waals surface area contributed by atoms with E-state index in [1.807, 2.05) is 0 Å². The Hall–Kier alpha value is -2.62. The first-order valence-electron chi connectivity index (χ1n) is 6.98. The van der Waals surface area contributed by atoms with Gasteiger partial charge in [0.25, 0.3) is 0 Å². The van der Waals surface area contributed by atoms with Gasteiger partial charge in [-0.15, -0.1) is 0 Å². The fourth-order valence-electron chi connectivity index (χ4n) is 2.43. The van der Waals surface area contributed by atoms with Crippen LogP contribution >= 0.6 is 0 Å². The fraction of sp³-hybridized carbons (Fsp3) is 0.0526. The van der Waals surface area contributed by atoms with Crippen molar-refractivity contribution in [2.75, 3.05) is 0 Å². The third kappa shape index (κ3) is 2.72. The molecule has 0 fully saturated rings. The Balaban J connectivity index is 2.03. The van der Waals surface area contributed by atoms with Crippen LogP contribution in [0, 0.1) is 30.2 Å². The highest BCUT2D eigenvalue weighted by molar-refractivity contribution is 5.71. The maximum absolute atomic E-state index is 14.0. The summed E-state index contributed by atoms with van der Waals surface area (Å²) < 4.78 is 54.7. The van der Waals surface area contributed by atoms with Gasteiger partial charge in [0, 0.05) is 11.1 Å². The molecule has 0 nitrogen and oxygen atoms in total. The molecular formula is C19H12F4. The maximum atomic E-state index is 14.0. The molecule has 0 spiro atoms. The van der Waals surface area contributed by atoms with E-state index >= 15 is 0 Å². The maximum Gasteiger partial charge on any atom is 0.166 e. The van der Waals surface area contributed by atoms with Crippen molar-refractivity contribution in [1.29, 1.82) is 0 Å². The topological polar surface area (TPSA) is 0 Å². The summed E-state index contributed by atoms with van der Waals surface area (Å²) in [5, 5.41) is 0. The summed E-state index contributed by atoms with van der Waals surface area (Å²) >= 11 is 0. The second-order valence-electron chi connectivity index (χ2n) is 5.24. The van der Waals surface area contributed by atoms with Crippen LogP contribution in [-0.2, 0) is 0 Å². The van der Waals surface area contributed by atoms with E-state index in [9.17, 15) is 17.6 Å². The average Bonchev–Trinajstić information content (AvgIpc) is 2.56. The smallest absolute Gasteiger partial charge is 0.166 e. The first kappa shape index (κ1) is 15.3. The zero-order valence-electron chi connectivity index (χ0n) is 12.2. The molecule has 0 aromatic heterocycles. The lowest BCUT2D eigenvalue weighted by Crippen LogP contribution is -1.93. The lowest BCUT2D eigenvalue weighted by molar-refractivity contribution is 0.505. The molecule has 0 aliphatic carbocycles. The molecule has 0 aliphatic rings. The molecule has 3 rings (SSSR count). The van der Waals surface area contributed by atoms with Crippen molar-refractivity contribution in [3.05, 3.63) is 83.4 Å². The number of halogens is 4. The van der Waals surface area contributed by atoms with E-state index in [4.69, 9.17) is 0 Å². The first-order valence-corrected chi connectivity index (χ1v) is 6.98. The number of hydrogen-bond donors (Lipinski definition) is 0. The van der Waals surface area contributed by atoms with E-state index in [1.54, 1.807) is 24.3 Å². The third-order valence-corrected chi connectivity index (χ3v) is 3.73. The van der Waals surface area contributed by atoms with Gasteiger partial charge in [0.15, 0.2) is 23.3 Å². The van der Waals surface area contributed by atoms with E-state index in [2.05, 4.69) is 0 Å². The predicted octanol–water partition coefficient (Wildman–Crippen LogP) is 5.89. The molecule has 116 valence electrons. The van der Waals surface area contributed by atoms with Crippen molar-refractivity contribution in [2.24, 2.45) is 0 Å². The molecule has 0 saturated carbocycles. The van der Waals surface area contributed by atoms with E-state index in [-0.39, 0.29) is 16.7 Å². The molecule has 0 aliphatic heterocycles. The van der Waals surface area contributed by atoms with E-state index in [0.717, 1.165) is 6.07 Å². The van der Waals surface area contributed by atoms with Crippen LogP contribution in [0.2, 0.25) is 0 Å². The van der Waals surface area contributed by atoms with Gasteiger partial charge < -0.3 is 0 Å². The number of hydrogen-bond acceptors (Lipinski definition) is 0. The molecule has 0 radical (unpaired) electrons. The van der Waals surface area contributed by atoms with Gasteiger partial charge in [-0.3, -0.25) is 0 Å². The Morgan fingerprint density at radius 3 is 1.74 bits per heavy atom. The zero-order chi connectivity index (χ0) is 16.6. The summed E-state index contributed by atoms with van der Waals surface area (Å²) in [6.45, 7) is 1.48. The lowest BCUT2D eigenvalue weighted by atomic mass is 9.99. The minimum atomic E-state index is -0.937. The van der Waals surface area contributed by atoms with Crippen molar-refractivity contribution < 1.29 is 17.6 Å². The fourth-order valence-corrected chi connectivity index (χ4v) is 2.43. The Morgan fingerprint density at radius 1 is 0.565 bits per heavy atom. The minimum absolute atomic E-state index is 0.118. The summed E-state index contributed by atoms with van der Waals surface area (Å²) in [7, 11) is 0. The van der Waals surface area contributed by atoms with Gasteiger partial charge in [-0.05, 0) is 29.7 Å². The quantitative estimate of drug-likeness (QED) is 0.517. The van der Waals surface area contributed by atoms with Crippen molar-refractivity contribution in [3.63, 3.8) is 0 Å². The summed E-state index contributed by atoms with van der Waals surface area (Å²) in [4.78, 5) is 0. The molecule has 3 aromatic carbocycles. The Kier molecular flexibility index (Phi) is 3.90. The van der Waals surface area contributed by atoms with E-state index in [0.29, 0.717) is 11.1 Å². The lowest BCUT2D eigenvalue weighted by Gasteiger charge is -2.08. The molecule has 0 heterocycles.